The van der Waals surface area contributed by atoms with Gasteiger partial charge < -0.3 is 5.32 Å². The summed E-state index contributed by atoms with van der Waals surface area (Å²) in [4.78, 5) is 0. The number of halogens is 4. The normalized spacial score (nSPS) is 11.8. The lowest BCUT2D eigenvalue weighted by atomic mass is 10.3. The third kappa shape index (κ3) is 2.62. The maximum absolute atomic E-state index is 12.8. The van der Waals surface area contributed by atoms with E-state index < -0.39 is 17.8 Å². The molecule has 0 spiro atoms. The predicted octanol–water partition coefficient (Wildman–Crippen LogP) is 3.03. The first kappa shape index (κ1) is 13.3. The number of hydrogen-bond donors (Lipinski definition) is 1. The van der Waals surface area contributed by atoms with Gasteiger partial charge in [0, 0.05) is 5.69 Å². The van der Waals surface area contributed by atoms with Crippen LogP contribution in [0.25, 0.3) is 5.65 Å². The smallest absolute Gasteiger partial charge is 0.339 e. The van der Waals surface area contributed by atoms with Crippen LogP contribution in [0.1, 0.15) is 5.82 Å². The summed E-state index contributed by atoms with van der Waals surface area (Å²) in [6, 6.07) is 8.13. The lowest BCUT2D eigenvalue weighted by molar-refractivity contribution is -0.146. The Balaban J connectivity index is 1.98. The molecule has 5 nitrogen and oxygen atoms in total. The van der Waals surface area contributed by atoms with E-state index in [9.17, 15) is 17.6 Å². The largest absolute Gasteiger partial charge is 0.453 e. The van der Waals surface area contributed by atoms with Gasteiger partial charge in [0.2, 0.25) is 0 Å². The van der Waals surface area contributed by atoms with Crippen molar-refractivity contribution >= 4 is 17.2 Å². The monoisotopic (exact) mass is 297 g/mol. The van der Waals surface area contributed by atoms with Gasteiger partial charge in [0.1, 0.15) is 5.82 Å². The van der Waals surface area contributed by atoms with Crippen LogP contribution < -0.4 is 5.32 Å². The highest BCUT2D eigenvalue weighted by molar-refractivity contribution is 5.57. The van der Waals surface area contributed by atoms with E-state index in [1.807, 2.05) is 0 Å². The van der Waals surface area contributed by atoms with Crippen molar-refractivity contribution in [3.8, 4) is 0 Å². The van der Waals surface area contributed by atoms with Gasteiger partial charge in [-0.05, 0) is 36.4 Å². The van der Waals surface area contributed by atoms with E-state index in [0.717, 1.165) is 0 Å². The number of nitrogens with zero attached hydrogens (tertiary/aromatic N) is 4. The van der Waals surface area contributed by atoms with E-state index in [0.29, 0.717) is 10.2 Å². The van der Waals surface area contributed by atoms with Crippen molar-refractivity contribution in [1.29, 1.82) is 0 Å². The highest BCUT2D eigenvalue weighted by Gasteiger charge is 2.37. The van der Waals surface area contributed by atoms with Gasteiger partial charge >= 0.3 is 6.18 Å². The summed E-state index contributed by atoms with van der Waals surface area (Å²) >= 11 is 0. The van der Waals surface area contributed by atoms with Crippen molar-refractivity contribution in [2.75, 3.05) is 5.32 Å². The first-order valence-electron chi connectivity index (χ1n) is 5.76. The average molecular weight is 297 g/mol. The lowest BCUT2D eigenvalue weighted by Gasteiger charge is -2.07. The van der Waals surface area contributed by atoms with Crippen molar-refractivity contribution < 1.29 is 17.6 Å². The van der Waals surface area contributed by atoms with Crippen molar-refractivity contribution in [1.82, 2.24) is 19.8 Å². The number of anilines is 2. The summed E-state index contributed by atoms with van der Waals surface area (Å²) in [6.45, 7) is 0. The minimum atomic E-state index is -4.65. The molecule has 0 amide bonds. The maximum atomic E-state index is 12.8. The second kappa shape index (κ2) is 4.69. The molecule has 0 fully saturated rings. The maximum Gasteiger partial charge on any atom is 0.453 e. The Morgan fingerprint density at radius 3 is 2.33 bits per heavy atom. The molecule has 2 aromatic heterocycles. The van der Waals surface area contributed by atoms with E-state index in [1.165, 1.54) is 36.4 Å². The Hall–Kier alpha value is -2.71. The number of aromatic nitrogens is 4. The quantitative estimate of drug-likeness (QED) is 0.739. The van der Waals surface area contributed by atoms with Crippen molar-refractivity contribution in [2.45, 2.75) is 6.18 Å². The molecule has 9 heteroatoms. The molecule has 0 bridgehead atoms. The SMILES string of the molecule is Fc1ccc(Nc2ccc3nnc(C(F)(F)F)n3n2)cc1. The van der Waals surface area contributed by atoms with E-state index >= 15 is 0 Å². The zero-order valence-electron chi connectivity index (χ0n) is 10.3. The molecule has 0 aliphatic carbocycles. The highest BCUT2D eigenvalue weighted by atomic mass is 19.4. The van der Waals surface area contributed by atoms with Crippen LogP contribution in [0.5, 0.6) is 0 Å². The van der Waals surface area contributed by atoms with E-state index in [2.05, 4.69) is 20.6 Å². The molecule has 1 N–H and O–H groups in total. The minimum Gasteiger partial charge on any atom is -0.339 e. The van der Waals surface area contributed by atoms with Gasteiger partial charge in [-0.3, -0.25) is 0 Å². The summed E-state index contributed by atoms with van der Waals surface area (Å²) < 4.78 is 51.6. The molecule has 3 rings (SSSR count). The molecule has 0 atom stereocenters. The van der Waals surface area contributed by atoms with Gasteiger partial charge in [0.05, 0.1) is 0 Å². The van der Waals surface area contributed by atoms with Gasteiger partial charge in [-0.1, -0.05) is 0 Å². The summed E-state index contributed by atoms with van der Waals surface area (Å²) in [5, 5.41) is 13.0. The first-order valence-corrected chi connectivity index (χ1v) is 5.76. The fourth-order valence-electron chi connectivity index (χ4n) is 1.71. The van der Waals surface area contributed by atoms with Gasteiger partial charge in [-0.2, -0.15) is 17.7 Å². The predicted molar refractivity (Wildman–Crippen MR) is 65.5 cm³/mol. The minimum absolute atomic E-state index is 0.0213. The molecule has 0 radical (unpaired) electrons. The third-order valence-corrected chi connectivity index (χ3v) is 2.63. The second-order valence-electron chi connectivity index (χ2n) is 4.14. The number of benzene rings is 1. The van der Waals surface area contributed by atoms with Crippen LogP contribution in [-0.4, -0.2) is 19.8 Å². The number of rotatable bonds is 2. The van der Waals surface area contributed by atoms with E-state index in [-0.39, 0.29) is 11.5 Å². The van der Waals surface area contributed by atoms with E-state index in [4.69, 9.17) is 0 Å². The summed E-state index contributed by atoms with van der Waals surface area (Å²) in [5.41, 5.74) is 0.469. The Bertz CT molecular complexity index is 778. The Morgan fingerprint density at radius 1 is 0.952 bits per heavy atom. The zero-order valence-corrected chi connectivity index (χ0v) is 10.3. The highest BCUT2D eigenvalue weighted by Crippen LogP contribution is 2.27. The van der Waals surface area contributed by atoms with Gasteiger partial charge in [0.15, 0.2) is 11.5 Å². The fraction of sp³-hybridized carbons (Fsp3) is 0.0833. The molecule has 0 unspecified atom stereocenters. The second-order valence-corrected chi connectivity index (χ2v) is 4.14. The van der Waals surface area contributed by atoms with E-state index in [1.54, 1.807) is 0 Å². The Kier molecular flexibility index (Phi) is 2.96. The zero-order chi connectivity index (χ0) is 15.0. The number of hydrogen-bond acceptors (Lipinski definition) is 4. The summed E-state index contributed by atoms with van der Waals surface area (Å²) in [7, 11) is 0. The van der Waals surface area contributed by atoms with Gasteiger partial charge in [-0.15, -0.1) is 15.3 Å². The Labute approximate surface area is 115 Å². The molecule has 0 aliphatic heterocycles. The molecule has 108 valence electrons. The van der Waals surface area contributed by atoms with Gasteiger partial charge in [-0.25, -0.2) is 4.39 Å². The molecular formula is C12H7F4N5. The van der Waals surface area contributed by atoms with Crippen LogP contribution in [0, 0.1) is 5.82 Å². The molecule has 2 heterocycles. The molecule has 0 saturated carbocycles. The third-order valence-electron chi connectivity index (χ3n) is 2.63. The average Bonchev–Trinajstić information content (AvgIpc) is 2.84. The molecular weight excluding hydrogens is 290 g/mol. The first-order chi connectivity index (χ1) is 9.93. The van der Waals surface area contributed by atoms with Crippen LogP contribution in [-0.2, 0) is 6.18 Å². The molecule has 1 aromatic carbocycles. The van der Waals surface area contributed by atoms with Crippen molar-refractivity contribution in [3.63, 3.8) is 0 Å². The topological polar surface area (TPSA) is 55.1 Å². The lowest BCUT2D eigenvalue weighted by Crippen LogP contribution is -2.13. The molecule has 0 aliphatic rings. The standard InChI is InChI=1S/C12H7F4N5/c13-7-1-3-8(4-2-7)17-9-5-6-10-18-19-11(12(14,15)16)21(10)20-9/h1-6H,(H,17,20). The van der Waals surface area contributed by atoms with Crippen LogP contribution in [0.15, 0.2) is 36.4 Å². The summed E-state index contributed by atoms with van der Waals surface area (Å²) in [5.74, 6) is -1.47. The van der Waals surface area contributed by atoms with Gasteiger partial charge in [0.25, 0.3) is 5.82 Å². The van der Waals surface area contributed by atoms with Crippen LogP contribution in [0.2, 0.25) is 0 Å². The number of fused-ring (bicyclic) bond motifs is 1. The van der Waals surface area contributed by atoms with Crippen molar-refractivity contribution in [3.05, 3.63) is 48.0 Å². The Morgan fingerprint density at radius 2 is 1.67 bits per heavy atom. The fourth-order valence-corrected chi connectivity index (χ4v) is 1.71. The van der Waals surface area contributed by atoms with Crippen LogP contribution in [0.4, 0.5) is 29.1 Å². The van der Waals surface area contributed by atoms with Crippen LogP contribution in [0.3, 0.4) is 0 Å². The molecule has 0 saturated heterocycles. The van der Waals surface area contributed by atoms with Crippen LogP contribution >= 0.6 is 0 Å². The summed E-state index contributed by atoms with van der Waals surface area (Å²) in [6.07, 6.45) is -4.65. The molecule has 21 heavy (non-hydrogen) atoms. The number of nitrogens with one attached hydrogen (secondary N) is 1. The molecule has 3 aromatic rings. The van der Waals surface area contributed by atoms with Crippen molar-refractivity contribution in [2.24, 2.45) is 0 Å². The number of alkyl halides is 3.